The Bertz CT molecular complexity index is 1950. The number of aryl methyl sites for hydroxylation is 2. The molecule has 0 unspecified atom stereocenters. The van der Waals surface area contributed by atoms with Gasteiger partial charge in [-0.25, -0.2) is 0 Å². The average Bonchev–Trinajstić information content (AvgIpc) is 3.36. The lowest BCUT2D eigenvalue weighted by atomic mass is 9.80. The molecule has 0 saturated carbocycles. The molecule has 0 heterocycles. The predicted molar refractivity (Wildman–Crippen MR) is 179 cm³/mol. The van der Waals surface area contributed by atoms with Crippen LogP contribution in [0.5, 0.6) is 0 Å². The highest BCUT2D eigenvalue weighted by molar-refractivity contribution is 6.11. The summed E-state index contributed by atoms with van der Waals surface area (Å²) in [6.45, 7) is 13.9. The first-order valence-corrected chi connectivity index (χ1v) is 15.2. The molecule has 0 aliphatic heterocycles. The second kappa shape index (κ2) is 8.55. The zero-order valence-corrected chi connectivity index (χ0v) is 25.4. The van der Waals surface area contributed by atoms with Crippen molar-refractivity contribution in [3.05, 3.63) is 143 Å². The third-order valence-electron chi connectivity index (χ3n) is 10.2. The van der Waals surface area contributed by atoms with Gasteiger partial charge in [-0.2, -0.15) is 0 Å². The van der Waals surface area contributed by atoms with Crippen molar-refractivity contribution in [3.8, 4) is 44.5 Å². The molecule has 8 rings (SSSR count). The average molecular weight is 541 g/mol. The fourth-order valence-corrected chi connectivity index (χ4v) is 7.88. The molecule has 0 nitrogen and oxygen atoms in total. The van der Waals surface area contributed by atoms with Crippen LogP contribution in [-0.4, -0.2) is 0 Å². The van der Waals surface area contributed by atoms with Gasteiger partial charge in [-0.1, -0.05) is 136 Å². The summed E-state index contributed by atoms with van der Waals surface area (Å²) in [5.74, 6) is 0. The molecule has 0 aromatic heterocycles. The van der Waals surface area contributed by atoms with Gasteiger partial charge in [-0.15, -0.1) is 0 Å². The Morgan fingerprint density at radius 3 is 1.19 bits per heavy atom. The summed E-state index contributed by atoms with van der Waals surface area (Å²) >= 11 is 0. The van der Waals surface area contributed by atoms with Crippen LogP contribution in [0.4, 0.5) is 0 Å². The maximum atomic E-state index is 2.44. The zero-order chi connectivity index (χ0) is 29.0. The summed E-state index contributed by atoms with van der Waals surface area (Å²) in [6.07, 6.45) is 0. The van der Waals surface area contributed by atoms with Crippen molar-refractivity contribution in [3.63, 3.8) is 0 Å². The molecule has 42 heavy (non-hydrogen) atoms. The minimum absolute atomic E-state index is 0.0579. The number of benzene rings is 6. The van der Waals surface area contributed by atoms with E-state index in [0.717, 1.165) is 0 Å². The van der Waals surface area contributed by atoms with Crippen molar-refractivity contribution in [1.82, 2.24) is 0 Å². The Hall–Kier alpha value is -4.42. The first-order chi connectivity index (χ1) is 20.1. The Kier molecular flexibility index (Phi) is 5.15. The highest BCUT2D eigenvalue weighted by Gasteiger charge is 2.40. The number of fused-ring (bicyclic) bond motifs is 9. The lowest BCUT2D eigenvalue weighted by Crippen LogP contribution is -2.15. The molecule has 0 N–H and O–H groups in total. The Balaban J connectivity index is 1.33. The van der Waals surface area contributed by atoms with Crippen molar-refractivity contribution < 1.29 is 0 Å². The highest BCUT2D eigenvalue weighted by atomic mass is 14.4. The molecule has 204 valence electrons. The second-order valence-electron chi connectivity index (χ2n) is 13.6. The fraction of sp³-hybridized carbons (Fsp3) is 0.190. The molecule has 6 aromatic rings. The van der Waals surface area contributed by atoms with Gasteiger partial charge in [0.15, 0.2) is 0 Å². The molecule has 0 atom stereocenters. The van der Waals surface area contributed by atoms with E-state index in [1.807, 2.05) is 0 Å². The van der Waals surface area contributed by atoms with Gasteiger partial charge in [-0.05, 0) is 104 Å². The van der Waals surface area contributed by atoms with Gasteiger partial charge >= 0.3 is 0 Å². The molecule has 0 heteroatoms. The first-order valence-electron chi connectivity index (χ1n) is 15.2. The van der Waals surface area contributed by atoms with E-state index >= 15 is 0 Å². The van der Waals surface area contributed by atoms with E-state index in [-0.39, 0.29) is 10.8 Å². The fourth-order valence-electron chi connectivity index (χ4n) is 7.88. The quantitative estimate of drug-likeness (QED) is 0.205. The van der Waals surface area contributed by atoms with Crippen LogP contribution < -0.4 is 0 Å². The van der Waals surface area contributed by atoms with E-state index in [4.69, 9.17) is 0 Å². The van der Waals surface area contributed by atoms with E-state index in [0.29, 0.717) is 0 Å². The van der Waals surface area contributed by atoms with Crippen LogP contribution in [0.25, 0.3) is 55.3 Å². The number of hydrogen-bond donors (Lipinski definition) is 0. The Labute approximate surface area is 249 Å². The second-order valence-corrected chi connectivity index (χ2v) is 13.6. The van der Waals surface area contributed by atoms with Gasteiger partial charge in [0, 0.05) is 10.8 Å². The molecule has 0 bridgehead atoms. The minimum Gasteiger partial charge on any atom is -0.0614 e. The van der Waals surface area contributed by atoms with Crippen LogP contribution in [-0.2, 0) is 10.8 Å². The summed E-state index contributed by atoms with van der Waals surface area (Å²) in [7, 11) is 0. The van der Waals surface area contributed by atoms with Crippen LogP contribution in [0.3, 0.4) is 0 Å². The summed E-state index contributed by atoms with van der Waals surface area (Å²) < 4.78 is 0. The molecule has 0 radical (unpaired) electrons. The molecule has 2 aliphatic rings. The molecule has 0 fully saturated rings. The number of rotatable bonds is 2. The molecular formula is C42H36. The predicted octanol–water partition coefficient (Wildman–Crippen LogP) is 11.4. The van der Waals surface area contributed by atoms with Gasteiger partial charge in [-0.3, -0.25) is 0 Å². The van der Waals surface area contributed by atoms with Crippen molar-refractivity contribution in [1.29, 1.82) is 0 Å². The third-order valence-corrected chi connectivity index (χ3v) is 10.2. The van der Waals surface area contributed by atoms with E-state index in [1.165, 1.54) is 88.7 Å². The van der Waals surface area contributed by atoms with Gasteiger partial charge in [0.25, 0.3) is 0 Å². The van der Waals surface area contributed by atoms with Crippen LogP contribution in [0.2, 0.25) is 0 Å². The van der Waals surface area contributed by atoms with Gasteiger partial charge < -0.3 is 0 Å². The topological polar surface area (TPSA) is 0 Å². The summed E-state index contributed by atoms with van der Waals surface area (Å²) in [5, 5.41) is 2.74. The smallest absolute Gasteiger partial charge is 0.0159 e. The number of hydrogen-bond acceptors (Lipinski definition) is 0. The van der Waals surface area contributed by atoms with Gasteiger partial charge in [0.1, 0.15) is 0 Å². The maximum Gasteiger partial charge on any atom is 0.0159 e. The zero-order valence-electron chi connectivity index (χ0n) is 25.4. The van der Waals surface area contributed by atoms with Gasteiger partial charge in [0.05, 0.1) is 0 Å². The summed E-state index contributed by atoms with van der Waals surface area (Å²) in [5.41, 5.74) is 18.9. The van der Waals surface area contributed by atoms with Crippen LogP contribution >= 0.6 is 0 Å². The SMILES string of the molecule is Cc1cccc(-c2ccc3c(c2)C(C)(C)c2ccc4c5c(ccc4c2-3)C(C)(C)c2cc(-c3cccc(C)c3)ccc2-5)c1. The van der Waals surface area contributed by atoms with Crippen molar-refractivity contribution in [2.24, 2.45) is 0 Å². The first kappa shape index (κ1) is 25.3. The molecule has 2 aliphatic carbocycles. The minimum atomic E-state index is -0.0579. The summed E-state index contributed by atoms with van der Waals surface area (Å²) in [4.78, 5) is 0. The van der Waals surface area contributed by atoms with E-state index < -0.39 is 0 Å². The molecule has 0 spiro atoms. The van der Waals surface area contributed by atoms with E-state index in [1.54, 1.807) is 0 Å². The Morgan fingerprint density at radius 2 is 0.786 bits per heavy atom. The largest absolute Gasteiger partial charge is 0.0614 e. The van der Waals surface area contributed by atoms with E-state index in [2.05, 4.69) is 151 Å². The standard InChI is InChI=1S/C42H36/c1-25-9-7-11-27(21-25)29-13-15-33-37(23-29)41(3,4)35-19-17-32-31(39(33)35)18-20-36-40(32)34-16-14-30(24-38(34)42(36,5)6)28-12-8-10-26(2)22-28/h7-24H,1-6H3. The van der Waals surface area contributed by atoms with Crippen LogP contribution in [0.15, 0.2) is 109 Å². The molecule has 6 aromatic carbocycles. The van der Waals surface area contributed by atoms with Crippen molar-refractivity contribution >= 4 is 10.8 Å². The summed E-state index contributed by atoms with van der Waals surface area (Å²) in [6, 6.07) is 41.6. The molecule has 0 amide bonds. The monoisotopic (exact) mass is 540 g/mol. The van der Waals surface area contributed by atoms with E-state index in [9.17, 15) is 0 Å². The van der Waals surface area contributed by atoms with Crippen molar-refractivity contribution in [2.75, 3.05) is 0 Å². The lowest BCUT2D eigenvalue weighted by Gasteiger charge is -2.23. The van der Waals surface area contributed by atoms with Crippen molar-refractivity contribution in [2.45, 2.75) is 52.4 Å². The normalized spacial score (nSPS) is 15.3. The highest BCUT2D eigenvalue weighted by Crippen LogP contribution is 2.56. The van der Waals surface area contributed by atoms with Crippen LogP contribution in [0.1, 0.15) is 61.1 Å². The molecular weight excluding hydrogens is 504 g/mol. The van der Waals surface area contributed by atoms with Crippen LogP contribution in [0, 0.1) is 13.8 Å². The maximum absolute atomic E-state index is 2.44. The van der Waals surface area contributed by atoms with Gasteiger partial charge in [0.2, 0.25) is 0 Å². The third kappa shape index (κ3) is 3.42. The Morgan fingerprint density at radius 1 is 0.381 bits per heavy atom. The molecule has 0 saturated heterocycles. The lowest BCUT2D eigenvalue weighted by molar-refractivity contribution is 0.660.